The molecule has 0 radical (unpaired) electrons. The molecule has 0 N–H and O–H groups in total. The van der Waals surface area contributed by atoms with Crippen LogP contribution in [0.15, 0.2) is 30.3 Å². The van der Waals surface area contributed by atoms with Crippen LogP contribution in [0.3, 0.4) is 0 Å². The van der Waals surface area contributed by atoms with Gasteiger partial charge in [-0.2, -0.15) is 0 Å². The number of amides is 1. The molecule has 1 aromatic carbocycles. The number of rotatable bonds is 3. The maximum atomic E-state index is 13.6. The first-order valence-electron chi connectivity index (χ1n) is 7.63. The summed E-state index contributed by atoms with van der Waals surface area (Å²) in [7, 11) is 1.76. The minimum Gasteiger partial charge on any atom is -0.373 e. The number of carbonyl (C=O) groups is 1. The maximum Gasteiger partial charge on any atom is 0.288 e. The van der Waals surface area contributed by atoms with Gasteiger partial charge >= 0.3 is 0 Å². The first-order valence-corrected chi connectivity index (χ1v) is 7.63. The van der Waals surface area contributed by atoms with E-state index in [2.05, 4.69) is 10.2 Å². The van der Waals surface area contributed by atoms with E-state index in [0.29, 0.717) is 11.6 Å². The summed E-state index contributed by atoms with van der Waals surface area (Å²) < 4.78 is 33.7. The van der Waals surface area contributed by atoms with Crippen LogP contribution in [-0.4, -0.2) is 57.8 Å². The van der Waals surface area contributed by atoms with Crippen LogP contribution in [0.1, 0.15) is 5.82 Å². The van der Waals surface area contributed by atoms with Gasteiger partial charge in [0.15, 0.2) is 5.82 Å². The van der Waals surface area contributed by atoms with Gasteiger partial charge < -0.3 is 14.2 Å². The molecule has 2 aromatic rings. The lowest BCUT2D eigenvalue weighted by molar-refractivity contribution is -0.135. The van der Waals surface area contributed by atoms with Gasteiger partial charge in [0, 0.05) is 19.2 Å². The molecule has 1 aliphatic heterocycles. The number of ether oxygens (including phenoxy) is 1. The molecule has 0 unspecified atom stereocenters. The van der Waals surface area contributed by atoms with E-state index in [1.807, 2.05) is 30.3 Å². The lowest BCUT2D eigenvalue weighted by Gasteiger charge is -2.23. The first kappa shape index (κ1) is 16.5. The first-order chi connectivity index (χ1) is 11.5. The highest BCUT2D eigenvalue weighted by Gasteiger charge is 2.36. The largest absolute Gasteiger partial charge is 0.373 e. The monoisotopic (exact) mass is 336 g/mol. The molecule has 1 aliphatic rings. The summed E-state index contributed by atoms with van der Waals surface area (Å²) in [5, 5.41) is 8.13. The molecule has 128 valence electrons. The quantitative estimate of drug-likeness (QED) is 0.853. The SMILES string of the molecule is Cn1c(CC(=O)N2CCOCC(F)(F)C2)nnc1-c1ccccc1. The molecule has 0 atom stereocenters. The third-order valence-electron chi connectivity index (χ3n) is 3.90. The van der Waals surface area contributed by atoms with E-state index in [-0.39, 0.29) is 19.6 Å². The van der Waals surface area contributed by atoms with Gasteiger partial charge in [0.05, 0.1) is 19.6 Å². The summed E-state index contributed by atoms with van der Waals surface area (Å²) in [4.78, 5) is 13.5. The Morgan fingerprint density at radius 1 is 1.29 bits per heavy atom. The van der Waals surface area contributed by atoms with Crippen molar-refractivity contribution in [2.45, 2.75) is 12.3 Å². The number of nitrogens with zero attached hydrogens (tertiary/aromatic N) is 4. The smallest absolute Gasteiger partial charge is 0.288 e. The zero-order valence-corrected chi connectivity index (χ0v) is 13.3. The Morgan fingerprint density at radius 3 is 2.79 bits per heavy atom. The second kappa shape index (κ2) is 6.64. The van der Waals surface area contributed by atoms with E-state index in [1.54, 1.807) is 11.6 Å². The Hall–Kier alpha value is -2.35. The Balaban J connectivity index is 1.74. The van der Waals surface area contributed by atoms with Gasteiger partial charge in [-0.05, 0) is 0 Å². The van der Waals surface area contributed by atoms with E-state index < -0.39 is 25.0 Å². The Kier molecular flexibility index (Phi) is 4.57. The van der Waals surface area contributed by atoms with Gasteiger partial charge in [-0.1, -0.05) is 30.3 Å². The van der Waals surface area contributed by atoms with E-state index in [4.69, 9.17) is 4.74 Å². The van der Waals surface area contributed by atoms with E-state index in [0.717, 1.165) is 10.5 Å². The molecular formula is C16H18F2N4O2. The van der Waals surface area contributed by atoms with Crippen LogP contribution < -0.4 is 0 Å². The molecule has 0 aliphatic carbocycles. The van der Waals surface area contributed by atoms with Crippen molar-refractivity contribution >= 4 is 5.91 Å². The third-order valence-corrected chi connectivity index (χ3v) is 3.90. The zero-order valence-electron chi connectivity index (χ0n) is 13.3. The topological polar surface area (TPSA) is 60.2 Å². The molecule has 1 aromatic heterocycles. The highest BCUT2D eigenvalue weighted by Crippen LogP contribution is 2.20. The van der Waals surface area contributed by atoms with Crippen molar-refractivity contribution in [3.63, 3.8) is 0 Å². The van der Waals surface area contributed by atoms with Crippen LogP contribution in [0.25, 0.3) is 11.4 Å². The third kappa shape index (κ3) is 3.59. The number of aromatic nitrogens is 3. The second-order valence-corrected chi connectivity index (χ2v) is 5.77. The van der Waals surface area contributed by atoms with Crippen molar-refractivity contribution in [1.29, 1.82) is 0 Å². The fraction of sp³-hybridized carbons (Fsp3) is 0.438. The maximum absolute atomic E-state index is 13.6. The highest BCUT2D eigenvalue weighted by atomic mass is 19.3. The van der Waals surface area contributed by atoms with Crippen molar-refractivity contribution in [2.24, 2.45) is 7.05 Å². The van der Waals surface area contributed by atoms with E-state index >= 15 is 0 Å². The predicted octanol–water partition coefficient (Wildman–Crippen LogP) is 1.52. The van der Waals surface area contributed by atoms with Crippen LogP contribution in [-0.2, 0) is 23.0 Å². The molecule has 1 fully saturated rings. The molecule has 0 spiro atoms. The minimum atomic E-state index is -3.03. The Labute approximate surface area is 138 Å². The fourth-order valence-electron chi connectivity index (χ4n) is 2.61. The Morgan fingerprint density at radius 2 is 2.04 bits per heavy atom. The fourth-order valence-corrected chi connectivity index (χ4v) is 2.61. The van der Waals surface area contributed by atoms with Gasteiger partial charge in [0.1, 0.15) is 12.4 Å². The van der Waals surface area contributed by atoms with Gasteiger partial charge in [0.25, 0.3) is 5.92 Å². The molecule has 24 heavy (non-hydrogen) atoms. The lowest BCUT2D eigenvalue weighted by atomic mass is 10.2. The normalized spacial score (nSPS) is 17.5. The molecular weight excluding hydrogens is 318 g/mol. The molecule has 1 amide bonds. The van der Waals surface area contributed by atoms with E-state index in [1.165, 1.54) is 0 Å². The zero-order chi connectivity index (χ0) is 17.2. The summed E-state index contributed by atoms with van der Waals surface area (Å²) in [6.45, 7) is -1.03. The summed E-state index contributed by atoms with van der Waals surface area (Å²) in [5.41, 5.74) is 0.876. The van der Waals surface area contributed by atoms with Gasteiger partial charge in [0.2, 0.25) is 5.91 Å². The Bertz CT molecular complexity index is 718. The average molecular weight is 336 g/mol. The summed E-state index contributed by atoms with van der Waals surface area (Å²) in [5.74, 6) is -2.37. The highest BCUT2D eigenvalue weighted by molar-refractivity contribution is 5.78. The number of carbonyl (C=O) groups excluding carboxylic acids is 1. The molecule has 8 heteroatoms. The summed E-state index contributed by atoms with van der Waals surface area (Å²) >= 11 is 0. The number of alkyl halides is 2. The van der Waals surface area contributed by atoms with Gasteiger partial charge in [-0.15, -0.1) is 10.2 Å². The molecule has 3 rings (SSSR count). The van der Waals surface area contributed by atoms with Crippen molar-refractivity contribution in [3.8, 4) is 11.4 Å². The van der Waals surface area contributed by atoms with Crippen molar-refractivity contribution in [3.05, 3.63) is 36.2 Å². The molecule has 0 bridgehead atoms. The van der Waals surface area contributed by atoms with Crippen LogP contribution in [0.5, 0.6) is 0 Å². The predicted molar refractivity (Wildman–Crippen MR) is 82.5 cm³/mol. The van der Waals surface area contributed by atoms with E-state index in [9.17, 15) is 13.6 Å². The van der Waals surface area contributed by atoms with Crippen LogP contribution >= 0.6 is 0 Å². The van der Waals surface area contributed by atoms with Crippen LogP contribution in [0.2, 0.25) is 0 Å². The molecule has 0 saturated carbocycles. The number of hydrogen-bond donors (Lipinski definition) is 0. The number of benzene rings is 1. The van der Waals surface area contributed by atoms with Crippen molar-refractivity contribution in [1.82, 2.24) is 19.7 Å². The van der Waals surface area contributed by atoms with Crippen molar-refractivity contribution in [2.75, 3.05) is 26.3 Å². The molecule has 1 saturated heterocycles. The lowest BCUT2D eigenvalue weighted by Crippen LogP contribution is -2.42. The average Bonchev–Trinajstić information content (AvgIpc) is 2.80. The van der Waals surface area contributed by atoms with Crippen molar-refractivity contribution < 1.29 is 18.3 Å². The minimum absolute atomic E-state index is 0.0770. The van der Waals surface area contributed by atoms with Gasteiger partial charge in [-0.25, -0.2) is 8.78 Å². The second-order valence-electron chi connectivity index (χ2n) is 5.77. The van der Waals surface area contributed by atoms with Crippen LogP contribution in [0.4, 0.5) is 8.78 Å². The summed E-state index contributed by atoms with van der Waals surface area (Å²) in [6, 6.07) is 9.44. The van der Waals surface area contributed by atoms with Gasteiger partial charge in [-0.3, -0.25) is 4.79 Å². The number of hydrogen-bond acceptors (Lipinski definition) is 4. The molecule has 6 nitrogen and oxygen atoms in total. The summed E-state index contributed by atoms with van der Waals surface area (Å²) in [6.07, 6.45) is -0.0770. The number of halogens is 2. The molecule has 2 heterocycles. The van der Waals surface area contributed by atoms with Crippen LogP contribution in [0, 0.1) is 0 Å². The standard InChI is InChI=1S/C16H18F2N4O2/c1-21-13(19-20-15(21)12-5-3-2-4-6-12)9-14(23)22-7-8-24-11-16(17,18)10-22/h2-6H,7-11H2,1H3.